The fourth-order valence-electron chi connectivity index (χ4n) is 1.81. The second kappa shape index (κ2) is 8.35. The highest BCUT2D eigenvalue weighted by atomic mass is 35.5. The van der Waals surface area contributed by atoms with Crippen molar-refractivity contribution in [3.05, 3.63) is 28.3 Å². The molecule has 0 amide bonds. The van der Waals surface area contributed by atoms with Crippen LogP contribution >= 0.6 is 11.6 Å². The summed E-state index contributed by atoms with van der Waals surface area (Å²) in [6.07, 6.45) is 2.13. The van der Waals surface area contributed by atoms with Gasteiger partial charge in [-0.1, -0.05) is 11.6 Å². The van der Waals surface area contributed by atoms with Gasteiger partial charge in [0.25, 0.3) is 0 Å². The lowest BCUT2D eigenvalue weighted by molar-refractivity contribution is -0.656. The first-order chi connectivity index (χ1) is 8.65. The number of quaternary nitrogens is 1. The number of aryl methyl sites for hydroxylation is 2. The number of hydrogen-bond acceptors (Lipinski definition) is 2. The van der Waals surface area contributed by atoms with Crippen LogP contribution in [0.2, 0.25) is 5.02 Å². The highest BCUT2D eigenvalue weighted by molar-refractivity contribution is 6.32. The average molecular weight is 273 g/mol. The van der Waals surface area contributed by atoms with Crippen LogP contribution < -0.4 is 10.1 Å². The van der Waals surface area contributed by atoms with E-state index in [-0.39, 0.29) is 6.61 Å². The van der Waals surface area contributed by atoms with Gasteiger partial charge in [0.05, 0.1) is 26.3 Å². The summed E-state index contributed by atoms with van der Waals surface area (Å²) >= 11 is 6.10. The van der Waals surface area contributed by atoms with Crippen molar-refractivity contribution in [2.45, 2.75) is 26.7 Å². The zero-order chi connectivity index (χ0) is 13.4. The second-order valence-electron chi connectivity index (χ2n) is 4.52. The molecule has 0 aromatic heterocycles. The Kier molecular flexibility index (Phi) is 7.09. The number of nitrogens with two attached hydrogens (primary N) is 1. The highest BCUT2D eigenvalue weighted by Gasteiger charge is 2.03. The van der Waals surface area contributed by atoms with Gasteiger partial charge >= 0.3 is 0 Å². The summed E-state index contributed by atoms with van der Waals surface area (Å²) in [5.41, 5.74) is 2.12. The largest absolute Gasteiger partial charge is 0.494 e. The number of halogens is 1. The molecule has 0 aliphatic heterocycles. The van der Waals surface area contributed by atoms with E-state index in [4.69, 9.17) is 21.4 Å². The standard InChI is InChI=1S/C14H22ClNO2/c1-11-9-13(10-12(2)14(11)15)18-8-4-3-5-16-6-7-17/h9-10,16-17H,3-8H2,1-2H3/p+1. The summed E-state index contributed by atoms with van der Waals surface area (Å²) in [6.45, 7) is 6.80. The van der Waals surface area contributed by atoms with Gasteiger partial charge in [-0.2, -0.15) is 0 Å². The fourth-order valence-corrected chi connectivity index (χ4v) is 1.91. The van der Waals surface area contributed by atoms with Crippen LogP contribution in [-0.4, -0.2) is 31.4 Å². The van der Waals surface area contributed by atoms with Gasteiger partial charge in [0.15, 0.2) is 0 Å². The monoisotopic (exact) mass is 272 g/mol. The van der Waals surface area contributed by atoms with E-state index in [1.165, 1.54) is 0 Å². The van der Waals surface area contributed by atoms with Crippen LogP contribution in [0.5, 0.6) is 5.75 Å². The summed E-state index contributed by atoms with van der Waals surface area (Å²) in [5, 5.41) is 11.6. The minimum absolute atomic E-state index is 0.250. The minimum Gasteiger partial charge on any atom is -0.494 e. The number of hydrogen-bond donors (Lipinski definition) is 2. The Bertz CT molecular complexity index is 346. The van der Waals surface area contributed by atoms with E-state index in [1.807, 2.05) is 26.0 Å². The molecule has 0 saturated heterocycles. The maximum atomic E-state index is 8.63. The van der Waals surface area contributed by atoms with Crippen molar-refractivity contribution in [3.63, 3.8) is 0 Å². The number of ether oxygens (including phenoxy) is 1. The van der Waals surface area contributed by atoms with E-state index in [0.717, 1.165) is 54.4 Å². The number of benzene rings is 1. The highest BCUT2D eigenvalue weighted by Crippen LogP contribution is 2.25. The van der Waals surface area contributed by atoms with Gasteiger partial charge in [-0.3, -0.25) is 0 Å². The van der Waals surface area contributed by atoms with Crippen LogP contribution in [0.3, 0.4) is 0 Å². The molecule has 0 aliphatic carbocycles. The van der Waals surface area contributed by atoms with E-state index in [9.17, 15) is 0 Å². The number of aliphatic hydroxyl groups excluding tert-OH is 1. The Hall–Kier alpha value is -0.770. The molecule has 0 aliphatic rings. The van der Waals surface area contributed by atoms with Crippen LogP contribution in [0.4, 0.5) is 0 Å². The summed E-state index contributed by atoms with van der Waals surface area (Å²) < 4.78 is 5.71. The molecule has 0 radical (unpaired) electrons. The topological polar surface area (TPSA) is 46.1 Å². The predicted molar refractivity (Wildman–Crippen MR) is 74.4 cm³/mol. The van der Waals surface area contributed by atoms with E-state index < -0.39 is 0 Å². The van der Waals surface area contributed by atoms with E-state index in [2.05, 4.69) is 5.32 Å². The first-order valence-corrected chi connectivity index (χ1v) is 6.85. The Morgan fingerprint density at radius 3 is 2.44 bits per heavy atom. The van der Waals surface area contributed by atoms with Gasteiger partial charge < -0.3 is 15.2 Å². The lowest BCUT2D eigenvalue weighted by Gasteiger charge is -2.09. The average Bonchev–Trinajstić information content (AvgIpc) is 2.34. The van der Waals surface area contributed by atoms with Crippen molar-refractivity contribution in [3.8, 4) is 5.75 Å². The molecule has 0 spiro atoms. The van der Waals surface area contributed by atoms with Gasteiger partial charge in [-0.15, -0.1) is 0 Å². The van der Waals surface area contributed by atoms with Crippen LogP contribution in [0, 0.1) is 13.8 Å². The van der Waals surface area contributed by atoms with Crippen molar-refractivity contribution in [2.24, 2.45) is 0 Å². The lowest BCUT2D eigenvalue weighted by atomic mass is 10.1. The molecule has 3 N–H and O–H groups in total. The normalized spacial score (nSPS) is 10.7. The molecule has 1 aromatic carbocycles. The Morgan fingerprint density at radius 2 is 1.83 bits per heavy atom. The Morgan fingerprint density at radius 1 is 1.17 bits per heavy atom. The summed E-state index contributed by atoms with van der Waals surface area (Å²) in [4.78, 5) is 0. The molecule has 0 bridgehead atoms. The molecular weight excluding hydrogens is 250 g/mol. The number of rotatable bonds is 8. The summed E-state index contributed by atoms with van der Waals surface area (Å²) in [7, 11) is 0. The fraction of sp³-hybridized carbons (Fsp3) is 0.571. The molecule has 0 unspecified atom stereocenters. The number of aliphatic hydroxyl groups is 1. The van der Waals surface area contributed by atoms with Crippen molar-refractivity contribution >= 4 is 11.6 Å². The molecule has 18 heavy (non-hydrogen) atoms. The van der Waals surface area contributed by atoms with Gasteiger partial charge in [-0.05, 0) is 49.9 Å². The number of unbranched alkanes of at least 4 members (excludes halogenated alkanes) is 1. The molecule has 0 saturated carbocycles. The van der Waals surface area contributed by atoms with Crippen LogP contribution in [0.25, 0.3) is 0 Å². The van der Waals surface area contributed by atoms with E-state index in [1.54, 1.807) is 0 Å². The van der Waals surface area contributed by atoms with Crippen molar-refractivity contribution in [1.29, 1.82) is 0 Å². The molecule has 3 nitrogen and oxygen atoms in total. The van der Waals surface area contributed by atoms with E-state index >= 15 is 0 Å². The summed E-state index contributed by atoms with van der Waals surface area (Å²) in [6, 6.07) is 3.96. The van der Waals surface area contributed by atoms with Gasteiger partial charge in [0.2, 0.25) is 0 Å². The minimum atomic E-state index is 0.250. The third-order valence-corrected chi connectivity index (χ3v) is 3.41. The van der Waals surface area contributed by atoms with E-state index in [0.29, 0.717) is 0 Å². The SMILES string of the molecule is Cc1cc(OCCCC[NH2+]CCO)cc(C)c1Cl. The van der Waals surface area contributed by atoms with Gasteiger partial charge in [0, 0.05) is 5.02 Å². The predicted octanol–water partition coefficient (Wildman–Crippen LogP) is 1.67. The molecule has 4 heteroatoms. The van der Waals surface area contributed by atoms with Gasteiger partial charge in [0.1, 0.15) is 5.75 Å². The van der Waals surface area contributed by atoms with Crippen molar-refractivity contribution in [1.82, 2.24) is 0 Å². The summed E-state index contributed by atoms with van der Waals surface area (Å²) in [5.74, 6) is 0.897. The second-order valence-corrected chi connectivity index (χ2v) is 4.89. The zero-order valence-electron chi connectivity index (χ0n) is 11.2. The van der Waals surface area contributed by atoms with Crippen molar-refractivity contribution in [2.75, 3.05) is 26.3 Å². The third-order valence-electron chi connectivity index (χ3n) is 2.81. The first kappa shape index (κ1) is 15.3. The quantitative estimate of drug-likeness (QED) is 0.707. The molecule has 1 aromatic rings. The Labute approximate surface area is 114 Å². The Balaban J connectivity index is 2.23. The zero-order valence-corrected chi connectivity index (χ0v) is 12.0. The first-order valence-electron chi connectivity index (χ1n) is 6.47. The third kappa shape index (κ3) is 5.25. The smallest absolute Gasteiger partial charge is 0.119 e. The molecule has 1 rings (SSSR count). The lowest BCUT2D eigenvalue weighted by Crippen LogP contribution is -2.85. The molecule has 0 heterocycles. The van der Waals surface area contributed by atoms with Gasteiger partial charge in [-0.25, -0.2) is 0 Å². The van der Waals surface area contributed by atoms with Crippen molar-refractivity contribution < 1.29 is 15.2 Å². The molecule has 102 valence electrons. The molecule has 0 atom stereocenters. The molecule has 0 fully saturated rings. The van der Waals surface area contributed by atoms with Crippen LogP contribution in [0.15, 0.2) is 12.1 Å². The molecular formula is C14H23ClNO2+. The van der Waals surface area contributed by atoms with Crippen LogP contribution in [-0.2, 0) is 0 Å². The maximum absolute atomic E-state index is 8.63. The van der Waals surface area contributed by atoms with Crippen LogP contribution in [0.1, 0.15) is 24.0 Å². The maximum Gasteiger partial charge on any atom is 0.119 e.